The van der Waals surface area contributed by atoms with Gasteiger partial charge in [-0.3, -0.25) is 4.79 Å². The van der Waals surface area contributed by atoms with E-state index >= 15 is 0 Å². The minimum absolute atomic E-state index is 0.128. The lowest BCUT2D eigenvalue weighted by molar-refractivity contribution is -0.347. The Morgan fingerprint density at radius 2 is 1.33 bits per heavy atom. The van der Waals surface area contributed by atoms with E-state index in [1.54, 1.807) is 0 Å². The van der Waals surface area contributed by atoms with Crippen LogP contribution in [0.1, 0.15) is 30.0 Å². The van der Waals surface area contributed by atoms with Crippen molar-refractivity contribution in [3.05, 3.63) is 108 Å². The average Bonchev–Trinajstić information content (AvgIpc) is 3.21. The van der Waals surface area contributed by atoms with E-state index in [2.05, 4.69) is 5.32 Å². The molecule has 3 aromatic carbocycles. The standard InChI is InChI=1S/C40H51NO14/c1-25(43)41-32-29(44)19-40(39(47)49-3,55-35(32)33(46)30(45)20-42)53-24-31-34(50-21-26-13-7-4-8-14-26)36(51-22-27-15-9-5-10-16-27)37(38(48-2)54-31)52-23-28-17-11-6-12-18-28/h4-18,29-38,42,44-46H,19-24H2,1-3H3,(H,41,43)/t29-,30+,31+,32+,33+,34+,35+,36-,37+,38-,40-/m0/s1. The number of aliphatic hydroxyl groups is 4. The van der Waals surface area contributed by atoms with Gasteiger partial charge in [-0.05, 0) is 16.7 Å². The van der Waals surface area contributed by atoms with Gasteiger partial charge in [-0.2, -0.15) is 0 Å². The Morgan fingerprint density at radius 1 is 0.818 bits per heavy atom. The van der Waals surface area contributed by atoms with Gasteiger partial charge in [-0.15, -0.1) is 0 Å². The van der Waals surface area contributed by atoms with Crippen LogP contribution in [0.3, 0.4) is 0 Å². The molecule has 15 heteroatoms. The maximum absolute atomic E-state index is 13.5. The number of ether oxygens (including phenoxy) is 8. The second kappa shape index (κ2) is 20.4. The van der Waals surface area contributed by atoms with Gasteiger partial charge in [0.15, 0.2) is 6.29 Å². The quantitative estimate of drug-likeness (QED) is 0.116. The van der Waals surface area contributed by atoms with Gasteiger partial charge in [0.05, 0.1) is 52.3 Å². The van der Waals surface area contributed by atoms with E-state index in [-0.39, 0.29) is 19.8 Å². The Balaban J connectivity index is 1.49. The van der Waals surface area contributed by atoms with E-state index < -0.39 is 98.5 Å². The predicted octanol–water partition coefficient (Wildman–Crippen LogP) is 1.37. The van der Waals surface area contributed by atoms with Crippen LogP contribution < -0.4 is 5.32 Å². The van der Waals surface area contributed by atoms with Crippen LogP contribution in [-0.4, -0.2) is 127 Å². The summed E-state index contributed by atoms with van der Waals surface area (Å²) in [4.78, 5) is 25.6. The highest BCUT2D eigenvalue weighted by atomic mass is 16.8. The lowest BCUT2D eigenvalue weighted by Crippen LogP contribution is -2.68. The fraction of sp³-hybridized carbons (Fsp3) is 0.500. The number of rotatable bonds is 18. The van der Waals surface area contributed by atoms with E-state index in [0.717, 1.165) is 23.8 Å². The van der Waals surface area contributed by atoms with Gasteiger partial charge in [-0.25, -0.2) is 4.79 Å². The second-order valence-electron chi connectivity index (χ2n) is 13.4. The zero-order chi connectivity index (χ0) is 39.4. The molecule has 55 heavy (non-hydrogen) atoms. The molecule has 0 saturated carbocycles. The largest absolute Gasteiger partial charge is 0.465 e. The van der Waals surface area contributed by atoms with Crippen molar-refractivity contribution in [2.24, 2.45) is 0 Å². The smallest absolute Gasteiger partial charge is 0.366 e. The van der Waals surface area contributed by atoms with Crippen LogP contribution in [0.4, 0.5) is 0 Å². The minimum Gasteiger partial charge on any atom is -0.465 e. The number of benzene rings is 3. The van der Waals surface area contributed by atoms with Gasteiger partial charge in [0.2, 0.25) is 5.91 Å². The molecule has 0 aromatic heterocycles. The molecule has 0 unspecified atom stereocenters. The first kappa shape index (κ1) is 42.3. The Bertz CT molecular complexity index is 1600. The lowest BCUT2D eigenvalue weighted by Gasteiger charge is -2.48. The average molecular weight is 770 g/mol. The third-order valence-corrected chi connectivity index (χ3v) is 9.52. The number of amides is 1. The SMILES string of the molecule is COC(=O)[C@]1(OC[C@H]2O[C@H](OC)[C@H](OCc3ccccc3)[C@@H](OCc3ccccc3)[C@@H]2OCc2ccccc2)C[C@H](O)[C@@H](NC(C)=O)[C@H]([C@H](O)[C@H](O)CO)O1. The Hall–Kier alpha value is -3.84. The monoisotopic (exact) mass is 769 g/mol. The van der Waals surface area contributed by atoms with Crippen LogP contribution in [0, 0.1) is 0 Å². The molecule has 5 N–H and O–H groups in total. The molecule has 2 fully saturated rings. The van der Waals surface area contributed by atoms with Crippen molar-refractivity contribution in [1.29, 1.82) is 0 Å². The van der Waals surface area contributed by atoms with Gasteiger partial charge in [0.25, 0.3) is 5.79 Å². The van der Waals surface area contributed by atoms with Crippen molar-refractivity contribution in [3.8, 4) is 0 Å². The number of esters is 1. The number of aliphatic hydroxyl groups excluding tert-OH is 4. The van der Waals surface area contributed by atoms with Gasteiger partial charge in [-0.1, -0.05) is 91.0 Å². The van der Waals surface area contributed by atoms with Gasteiger partial charge in [0.1, 0.15) is 42.7 Å². The van der Waals surface area contributed by atoms with Gasteiger partial charge in [0, 0.05) is 20.5 Å². The van der Waals surface area contributed by atoms with Crippen LogP contribution in [-0.2, 0) is 67.3 Å². The highest BCUT2D eigenvalue weighted by Gasteiger charge is 2.57. The second-order valence-corrected chi connectivity index (χ2v) is 13.4. The van der Waals surface area contributed by atoms with Crippen molar-refractivity contribution in [2.75, 3.05) is 27.4 Å². The number of methoxy groups -OCH3 is 2. The number of hydrogen-bond donors (Lipinski definition) is 5. The molecule has 11 atom stereocenters. The summed E-state index contributed by atoms with van der Waals surface area (Å²) in [5.41, 5.74) is 2.64. The van der Waals surface area contributed by atoms with E-state index in [1.807, 2.05) is 91.0 Å². The van der Waals surface area contributed by atoms with Crippen LogP contribution >= 0.6 is 0 Å². The van der Waals surface area contributed by atoms with Crippen molar-refractivity contribution in [3.63, 3.8) is 0 Å². The third-order valence-electron chi connectivity index (χ3n) is 9.52. The van der Waals surface area contributed by atoms with Crippen molar-refractivity contribution in [1.82, 2.24) is 5.32 Å². The predicted molar refractivity (Wildman–Crippen MR) is 194 cm³/mol. The highest BCUT2D eigenvalue weighted by molar-refractivity contribution is 5.78. The maximum atomic E-state index is 13.5. The molecule has 0 bridgehead atoms. The molecule has 0 aliphatic carbocycles. The molecule has 0 spiro atoms. The van der Waals surface area contributed by atoms with Crippen molar-refractivity contribution < 1.29 is 67.9 Å². The van der Waals surface area contributed by atoms with E-state index in [4.69, 9.17) is 37.9 Å². The lowest BCUT2D eigenvalue weighted by atomic mass is 9.88. The number of nitrogens with one attached hydrogen (secondary N) is 1. The minimum atomic E-state index is -2.39. The highest BCUT2D eigenvalue weighted by Crippen LogP contribution is 2.37. The molecular formula is C40H51NO14. The molecule has 15 nitrogen and oxygen atoms in total. The summed E-state index contributed by atoms with van der Waals surface area (Å²) in [6.07, 6.45) is -12.1. The summed E-state index contributed by atoms with van der Waals surface area (Å²) >= 11 is 0. The normalized spacial score (nSPS) is 29.2. The number of carbonyl (C=O) groups excluding carboxylic acids is 2. The summed E-state index contributed by atoms with van der Waals surface area (Å²) in [5, 5.41) is 44.7. The third kappa shape index (κ3) is 10.9. The Kier molecular flexibility index (Phi) is 15.7. The first-order chi connectivity index (χ1) is 26.6. The first-order valence-corrected chi connectivity index (χ1v) is 18.1. The fourth-order valence-electron chi connectivity index (χ4n) is 6.71. The summed E-state index contributed by atoms with van der Waals surface area (Å²) in [6, 6.07) is 27.2. The van der Waals surface area contributed by atoms with Crippen LogP contribution in [0.5, 0.6) is 0 Å². The molecule has 2 aliphatic rings. The van der Waals surface area contributed by atoms with Gasteiger partial charge < -0.3 is 63.6 Å². The van der Waals surface area contributed by atoms with Crippen LogP contribution in [0.2, 0.25) is 0 Å². The molecule has 300 valence electrons. The molecule has 2 aliphatic heterocycles. The van der Waals surface area contributed by atoms with Gasteiger partial charge >= 0.3 is 5.97 Å². The summed E-state index contributed by atoms with van der Waals surface area (Å²) < 4.78 is 49.4. The van der Waals surface area contributed by atoms with E-state index in [0.29, 0.717) is 0 Å². The first-order valence-electron chi connectivity index (χ1n) is 18.1. The zero-order valence-corrected chi connectivity index (χ0v) is 31.0. The van der Waals surface area contributed by atoms with E-state index in [1.165, 1.54) is 14.0 Å². The maximum Gasteiger partial charge on any atom is 0.366 e. The summed E-state index contributed by atoms with van der Waals surface area (Å²) in [6.45, 7) is 0.360. The summed E-state index contributed by atoms with van der Waals surface area (Å²) in [5.74, 6) is -4.05. The molecule has 3 aromatic rings. The Labute approximate surface area is 320 Å². The zero-order valence-electron chi connectivity index (χ0n) is 31.0. The van der Waals surface area contributed by atoms with Crippen molar-refractivity contribution >= 4 is 11.9 Å². The molecular weight excluding hydrogens is 718 g/mol. The molecule has 1 amide bonds. The van der Waals surface area contributed by atoms with Crippen LogP contribution in [0.25, 0.3) is 0 Å². The molecule has 5 rings (SSSR count). The fourth-order valence-corrected chi connectivity index (χ4v) is 6.71. The summed E-state index contributed by atoms with van der Waals surface area (Å²) in [7, 11) is 2.54. The molecule has 2 saturated heterocycles. The Morgan fingerprint density at radius 3 is 1.80 bits per heavy atom. The van der Waals surface area contributed by atoms with Crippen LogP contribution in [0.15, 0.2) is 91.0 Å². The number of carbonyl (C=O) groups is 2. The van der Waals surface area contributed by atoms with E-state index in [9.17, 15) is 30.0 Å². The van der Waals surface area contributed by atoms with Crippen molar-refractivity contribution in [2.45, 2.75) is 100 Å². The topological polar surface area (TPSA) is 201 Å². The number of hydrogen-bond acceptors (Lipinski definition) is 14. The molecule has 0 radical (unpaired) electrons. The molecule has 2 heterocycles.